The van der Waals surface area contributed by atoms with Crippen molar-refractivity contribution in [1.82, 2.24) is 5.32 Å². The van der Waals surface area contributed by atoms with E-state index in [-0.39, 0.29) is 0 Å². The van der Waals surface area contributed by atoms with Gasteiger partial charge >= 0.3 is 0 Å². The van der Waals surface area contributed by atoms with Crippen molar-refractivity contribution in [2.45, 2.75) is 62.9 Å². The van der Waals surface area contributed by atoms with Gasteiger partial charge in [0.2, 0.25) is 0 Å². The summed E-state index contributed by atoms with van der Waals surface area (Å²) in [4.78, 5) is 1.42. The van der Waals surface area contributed by atoms with Gasteiger partial charge < -0.3 is 5.32 Å². The van der Waals surface area contributed by atoms with Crippen molar-refractivity contribution in [3.8, 4) is 0 Å². The van der Waals surface area contributed by atoms with Gasteiger partial charge in [-0.2, -0.15) is 0 Å². The molecule has 116 valence electrons. The van der Waals surface area contributed by atoms with Gasteiger partial charge in [0, 0.05) is 22.0 Å². The Bertz CT molecular complexity index is 488. The summed E-state index contributed by atoms with van der Waals surface area (Å²) in [5.41, 5.74) is 1.42. The quantitative estimate of drug-likeness (QED) is 0.767. The summed E-state index contributed by atoms with van der Waals surface area (Å²) in [6.07, 6.45) is 6.70. The van der Waals surface area contributed by atoms with Gasteiger partial charge in [-0.25, -0.2) is 0 Å². The number of thioether (sulfide) groups is 1. The number of hydrogen-bond donors (Lipinski definition) is 1. The summed E-state index contributed by atoms with van der Waals surface area (Å²) in [5.74, 6) is 2.93. The Morgan fingerprint density at radius 1 is 1.24 bits per heavy atom. The molecule has 3 unspecified atom stereocenters. The van der Waals surface area contributed by atoms with E-state index in [0.717, 1.165) is 16.9 Å². The van der Waals surface area contributed by atoms with E-state index in [1.54, 1.807) is 0 Å². The normalized spacial score (nSPS) is 29.4. The molecule has 1 aromatic rings. The van der Waals surface area contributed by atoms with E-state index in [1.807, 2.05) is 17.8 Å². The van der Waals surface area contributed by atoms with Gasteiger partial charge in [0.25, 0.3) is 0 Å². The molecule has 0 aromatic heterocycles. The van der Waals surface area contributed by atoms with Crippen LogP contribution in [0.4, 0.5) is 0 Å². The zero-order chi connectivity index (χ0) is 14.8. The smallest absolute Gasteiger partial charge is 0.0410 e. The lowest BCUT2D eigenvalue weighted by Crippen LogP contribution is -2.38. The van der Waals surface area contributed by atoms with Crippen LogP contribution in [0.5, 0.6) is 0 Å². The first-order valence-electron chi connectivity index (χ1n) is 8.32. The van der Waals surface area contributed by atoms with Crippen molar-refractivity contribution < 1.29 is 0 Å². The lowest BCUT2D eigenvalue weighted by molar-refractivity contribution is 0.218. The van der Waals surface area contributed by atoms with Crippen LogP contribution in [-0.2, 0) is 0 Å². The fourth-order valence-corrected chi connectivity index (χ4v) is 5.09. The maximum atomic E-state index is 6.21. The Balaban J connectivity index is 1.70. The molecule has 0 amide bonds. The molecule has 1 saturated carbocycles. The first-order valence-corrected chi connectivity index (χ1v) is 9.68. The minimum Gasteiger partial charge on any atom is -0.307 e. The molecule has 0 saturated heterocycles. The molecule has 3 atom stereocenters. The van der Waals surface area contributed by atoms with Crippen molar-refractivity contribution >= 4 is 23.4 Å². The second kappa shape index (κ2) is 6.93. The Hall–Kier alpha value is -0.180. The van der Waals surface area contributed by atoms with Crippen LogP contribution in [0.3, 0.4) is 0 Å². The Labute approximate surface area is 138 Å². The summed E-state index contributed by atoms with van der Waals surface area (Å²) in [6.45, 7) is 4.75. The molecule has 3 rings (SSSR count). The maximum Gasteiger partial charge on any atom is 0.0410 e. The molecular formula is C18H26ClNS. The number of hydrogen-bond acceptors (Lipinski definition) is 2. The van der Waals surface area contributed by atoms with E-state index < -0.39 is 0 Å². The molecule has 1 fully saturated rings. The first-order chi connectivity index (χ1) is 10.1. The van der Waals surface area contributed by atoms with Crippen LogP contribution in [0, 0.1) is 11.8 Å². The van der Waals surface area contributed by atoms with Crippen LogP contribution in [-0.4, -0.2) is 11.8 Å². The molecule has 1 N–H and O–H groups in total. The zero-order valence-corrected chi connectivity index (χ0v) is 14.6. The molecule has 3 heteroatoms. The Morgan fingerprint density at radius 3 is 2.90 bits per heavy atom. The number of benzene rings is 1. The molecule has 1 aromatic carbocycles. The molecule has 0 spiro atoms. The van der Waals surface area contributed by atoms with Gasteiger partial charge in [0.15, 0.2) is 0 Å². The van der Waals surface area contributed by atoms with E-state index >= 15 is 0 Å². The van der Waals surface area contributed by atoms with Crippen LogP contribution in [0.1, 0.15) is 57.6 Å². The molecule has 1 nitrogen and oxygen atoms in total. The third-order valence-corrected chi connectivity index (χ3v) is 6.46. The monoisotopic (exact) mass is 323 g/mol. The number of rotatable bonds is 3. The second-order valence-electron chi connectivity index (χ2n) is 6.91. The summed E-state index contributed by atoms with van der Waals surface area (Å²) in [6, 6.07) is 7.56. The predicted octanol–water partition coefficient (Wildman–Crippen LogP) is 5.68. The second-order valence-corrected chi connectivity index (χ2v) is 8.48. The van der Waals surface area contributed by atoms with Crippen LogP contribution >= 0.6 is 23.4 Å². The van der Waals surface area contributed by atoms with E-state index in [0.29, 0.717) is 12.1 Å². The summed E-state index contributed by atoms with van der Waals surface area (Å²) in [7, 11) is 0. The summed E-state index contributed by atoms with van der Waals surface area (Å²) >= 11 is 8.18. The van der Waals surface area contributed by atoms with Gasteiger partial charge in [0.1, 0.15) is 0 Å². The van der Waals surface area contributed by atoms with Gasteiger partial charge in [-0.1, -0.05) is 38.3 Å². The van der Waals surface area contributed by atoms with Crippen molar-refractivity contribution in [2.75, 3.05) is 5.75 Å². The molecule has 1 aliphatic heterocycles. The highest BCUT2D eigenvalue weighted by Gasteiger charge is 2.28. The zero-order valence-electron chi connectivity index (χ0n) is 13.1. The average molecular weight is 324 g/mol. The SMILES string of the molecule is CC(C)C1CCCC(NC2CCSc3ccc(Cl)cc32)C1. The Morgan fingerprint density at radius 2 is 2.10 bits per heavy atom. The van der Waals surface area contributed by atoms with E-state index in [4.69, 9.17) is 11.6 Å². The van der Waals surface area contributed by atoms with Crippen LogP contribution in [0.15, 0.2) is 23.1 Å². The lowest BCUT2D eigenvalue weighted by Gasteiger charge is -2.36. The predicted molar refractivity (Wildman–Crippen MR) is 93.3 cm³/mol. The number of nitrogens with one attached hydrogen (secondary N) is 1. The highest BCUT2D eigenvalue weighted by Crippen LogP contribution is 2.39. The number of fused-ring (bicyclic) bond motifs is 1. The molecule has 1 aliphatic carbocycles. The van der Waals surface area contributed by atoms with Crippen molar-refractivity contribution in [1.29, 1.82) is 0 Å². The van der Waals surface area contributed by atoms with Gasteiger partial charge in [0.05, 0.1) is 0 Å². The minimum absolute atomic E-state index is 0.496. The van der Waals surface area contributed by atoms with E-state index in [9.17, 15) is 0 Å². The topological polar surface area (TPSA) is 12.0 Å². The van der Waals surface area contributed by atoms with E-state index in [1.165, 1.54) is 48.3 Å². The van der Waals surface area contributed by atoms with Gasteiger partial charge in [-0.3, -0.25) is 0 Å². The van der Waals surface area contributed by atoms with Gasteiger partial charge in [-0.15, -0.1) is 11.8 Å². The summed E-state index contributed by atoms with van der Waals surface area (Å²) < 4.78 is 0. The third-order valence-electron chi connectivity index (χ3n) is 5.11. The lowest BCUT2D eigenvalue weighted by atomic mass is 9.79. The third kappa shape index (κ3) is 3.78. The fraction of sp³-hybridized carbons (Fsp3) is 0.667. The van der Waals surface area contributed by atoms with Crippen LogP contribution in [0.25, 0.3) is 0 Å². The average Bonchev–Trinajstić information content (AvgIpc) is 2.48. The molecule has 0 radical (unpaired) electrons. The minimum atomic E-state index is 0.496. The highest BCUT2D eigenvalue weighted by atomic mass is 35.5. The van der Waals surface area contributed by atoms with Crippen LogP contribution in [0.2, 0.25) is 5.02 Å². The van der Waals surface area contributed by atoms with Crippen molar-refractivity contribution in [3.63, 3.8) is 0 Å². The van der Waals surface area contributed by atoms with E-state index in [2.05, 4.69) is 31.3 Å². The first kappa shape index (κ1) is 15.7. The van der Waals surface area contributed by atoms with Crippen molar-refractivity contribution in [3.05, 3.63) is 28.8 Å². The molecule has 1 heterocycles. The van der Waals surface area contributed by atoms with Crippen LogP contribution < -0.4 is 5.32 Å². The highest BCUT2D eigenvalue weighted by molar-refractivity contribution is 7.99. The van der Waals surface area contributed by atoms with Crippen molar-refractivity contribution in [2.24, 2.45) is 11.8 Å². The number of halogens is 1. The summed E-state index contributed by atoms with van der Waals surface area (Å²) in [5, 5.41) is 4.82. The molecular weight excluding hydrogens is 298 g/mol. The molecule has 21 heavy (non-hydrogen) atoms. The fourth-order valence-electron chi connectivity index (χ4n) is 3.81. The molecule has 2 aliphatic rings. The van der Waals surface area contributed by atoms with Gasteiger partial charge in [-0.05, 0) is 60.6 Å². The standard InChI is InChI=1S/C18H26ClNS/c1-12(2)13-4-3-5-15(10-13)20-17-8-9-21-18-7-6-14(19)11-16(17)18/h6-7,11-13,15,17,20H,3-5,8-10H2,1-2H3. The largest absolute Gasteiger partial charge is 0.307 e. The Kier molecular flexibility index (Phi) is 5.19. The maximum absolute atomic E-state index is 6.21. The molecule has 0 bridgehead atoms.